The maximum atomic E-state index is 12.4. The molecule has 0 heterocycles. The quantitative estimate of drug-likeness (QED) is 0.281. The molecule has 0 saturated heterocycles. The average molecular weight is 335 g/mol. The molecule has 128 valence electrons. The Morgan fingerprint density at radius 1 is 0.913 bits per heavy atom. The van der Waals surface area contributed by atoms with Crippen molar-refractivity contribution < 1.29 is 9.59 Å². The minimum Gasteiger partial charge on any atom is -0.299 e. The van der Waals surface area contributed by atoms with Crippen LogP contribution in [-0.2, 0) is 9.59 Å². The van der Waals surface area contributed by atoms with Crippen LogP contribution in [0.25, 0.3) is 0 Å². The standard InChI is InChI=1S/C20H30O2S/c1-4-5-6-7-8-9-13-16-18(21)20(2,3)19(22)23-17-14-11-10-12-15-17/h10-12,14-15H,4-9,13,16H2,1-3H3. The molecule has 0 spiro atoms. The van der Waals surface area contributed by atoms with E-state index in [2.05, 4.69) is 6.92 Å². The highest BCUT2D eigenvalue weighted by molar-refractivity contribution is 8.13. The van der Waals surface area contributed by atoms with Crippen LogP contribution in [0.5, 0.6) is 0 Å². The molecule has 0 bridgehead atoms. The summed E-state index contributed by atoms with van der Waals surface area (Å²) in [5.74, 6) is 0.0690. The number of carbonyl (C=O) groups excluding carboxylic acids is 2. The van der Waals surface area contributed by atoms with Gasteiger partial charge in [-0.2, -0.15) is 0 Å². The second kappa shape index (κ2) is 10.6. The molecule has 0 amide bonds. The van der Waals surface area contributed by atoms with Crippen molar-refractivity contribution in [2.24, 2.45) is 5.41 Å². The second-order valence-corrected chi connectivity index (χ2v) is 7.67. The molecule has 2 nitrogen and oxygen atoms in total. The Bertz CT molecular complexity index is 480. The van der Waals surface area contributed by atoms with Gasteiger partial charge in [0.2, 0.25) is 5.12 Å². The van der Waals surface area contributed by atoms with Crippen molar-refractivity contribution in [3.63, 3.8) is 0 Å². The first-order valence-electron chi connectivity index (χ1n) is 8.79. The molecule has 3 heteroatoms. The van der Waals surface area contributed by atoms with Crippen LogP contribution in [-0.4, -0.2) is 10.9 Å². The van der Waals surface area contributed by atoms with Crippen molar-refractivity contribution in [2.45, 2.75) is 77.0 Å². The topological polar surface area (TPSA) is 34.1 Å². The Labute approximate surface area is 145 Å². The fourth-order valence-corrected chi connectivity index (χ4v) is 3.27. The number of rotatable bonds is 11. The smallest absolute Gasteiger partial charge is 0.206 e. The average Bonchev–Trinajstić information content (AvgIpc) is 2.54. The molecule has 0 aromatic heterocycles. The third kappa shape index (κ3) is 7.34. The summed E-state index contributed by atoms with van der Waals surface area (Å²) in [5.41, 5.74) is -0.900. The molecule has 1 rings (SSSR count). The molecule has 1 aromatic rings. The Hall–Kier alpha value is -1.09. The minimum absolute atomic E-state index is 0.0587. The van der Waals surface area contributed by atoms with Gasteiger partial charge in [-0.25, -0.2) is 0 Å². The molecule has 0 unspecified atom stereocenters. The van der Waals surface area contributed by atoms with Crippen molar-refractivity contribution >= 4 is 22.7 Å². The van der Waals surface area contributed by atoms with Crippen LogP contribution in [0.1, 0.15) is 72.1 Å². The van der Waals surface area contributed by atoms with E-state index < -0.39 is 5.41 Å². The van der Waals surface area contributed by atoms with Gasteiger partial charge in [0.1, 0.15) is 5.78 Å². The van der Waals surface area contributed by atoms with Gasteiger partial charge in [0.05, 0.1) is 5.41 Å². The number of thioether (sulfide) groups is 1. The normalized spacial score (nSPS) is 11.4. The maximum absolute atomic E-state index is 12.4. The number of Topliss-reactive ketones (excluding diaryl/α,β-unsaturated/α-hetero) is 1. The van der Waals surface area contributed by atoms with Gasteiger partial charge in [0.15, 0.2) is 0 Å². The van der Waals surface area contributed by atoms with Crippen LogP contribution in [0.15, 0.2) is 35.2 Å². The van der Waals surface area contributed by atoms with Crippen LogP contribution in [0, 0.1) is 5.41 Å². The molecule has 0 aliphatic carbocycles. The van der Waals surface area contributed by atoms with Gasteiger partial charge in [-0.3, -0.25) is 9.59 Å². The van der Waals surface area contributed by atoms with E-state index >= 15 is 0 Å². The number of unbranched alkanes of at least 4 members (excludes halogenated alkanes) is 6. The first-order valence-corrected chi connectivity index (χ1v) is 9.60. The Morgan fingerprint density at radius 3 is 2.09 bits per heavy atom. The van der Waals surface area contributed by atoms with E-state index in [1.54, 1.807) is 13.8 Å². The summed E-state index contributed by atoms with van der Waals surface area (Å²) in [5, 5.41) is -0.0587. The zero-order chi connectivity index (χ0) is 17.1. The Balaban J connectivity index is 2.33. The van der Waals surface area contributed by atoms with Crippen LogP contribution in [0.2, 0.25) is 0 Å². The van der Waals surface area contributed by atoms with Crippen molar-refractivity contribution in [1.29, 1.82) is 0 Å². The zero-order valence-corrected chi connectivity index (χ0v) is 15.6. The van der Waals surface area contributed by atoms with Crippen molar-refractivity contribution in [3.8, 4) is 0 Å². The highest BCUT2D eigenvalue weighted by atomic mass is 32.2. The monoisotopic (exact) mass is 334 g/mol. The zero-order valence-electron chi connectivity index (χ0n) is 14.8. The highest BCUT2D eigenvalue weighted by Gasteiger charge is 2.35. The molecule has 0 radical (unpaired) electrons. The van der Waals surface area contributed by atoms with E-state index in [1.807, 2.05) is 30.3 Å². The number of carbonyl (C=O) groups is 2. The molecular weight excluding hydrogens is 304 g/mol. The van der Waals surface area contributed by atoms with Gasteiger partial charge in [0.25, 0.3) is 0 Å². The molecule has 0 atom stereocenters. The molecule has 23 heavy (non-hydrogen) atoms. The summed E-state index contributed by atoms with van der Waals surface area (Å²) >= 11 is 1.17. The molecule has 0 saturated carbocycles. The van der Waals surface area contributed by atoms with Gasteiger partial charge < -0.3 is 0 Å². The fraction of sp³-hybridized carbons (Fsp3) is 0.600. The number of ketones is 1. The second-order valence-electron chi connectivity index (χ2n) is 6.62. The van der Waals surface area contributed by atoms with Crippen molar-refractivity contribution in [1.82, 2.24) is 0 Å². The summed E-state index contributed by atoms with van der Waals surface area (Å²) in [6.07, 6.45) is 8.81. The van der Waals surface area contributed by atoms with Gasteiger partial charge in [-0.1, -0.05) is 75.4 Å². The lowest BCUT2D eigenvalue weighted by Gasteiger charge is -2.21. The lowest BCUT2D eigenvalue weighted by molar-refractivity contribution is -0.134. The summed E-state index contributed by atoms with van der Waals surface area (Å²) in [4.78, 5) is 25.7. The molecule has 1 aromatic carbocycles. The van der Waals surface area contributed by atoms with E-state index in [-0.39, 0.29) is 10.9 Å². The van der Waals surface area contributed by atoms with Crippen LogP contribution in [0.3, 0.4) is 0 Å². The largest absolute Gasteiger partial charge is 0.299 e. The van der Waals surface area contributed by atoms with E-state index in [0.29, 0.717) is 6.42 Å². The summed E-state index contributed by atoms with van der Waals surface area (Å²) in [6.45, 7) is 5.73. The van der Waals surface area contributed by atoms with Gasteiger partial charge in [0, 0.05) is 11.3 Å². The fourth-order valence-electron chi connectivity index (χ4n) is 2.39. The third-order valence-corrected chi connectivity index (χ3v) is 5.37. The maximum Gasteiger partial charge on any atom is 0.206 e. The predicted molar refractivity (Wildman–Crippen MR) is 98.7 cm³/mol. The van der Waals surface area contributed by atoms with E-state index in [9.17, 15) is 9.59 Å². The lowest BCUT2D eigenvalue weighted by Crippen LogP contribution is -2.31. The lowest BCUT2D eigenvalue weighted by atomic mass is 9.86. The van der Waals surface area contributed by atoms with Crippen molar-refractivity contribution in [3.05, 3.63) is 30.3 Å². The van der Waals surface area contributed by atoms with Gasteiger partial charge >= 0.3 is 0 Å². The summed E-state index contributed by atoms with van der Waals surface area (Å²) in [6, 6.07) is 9.54. The van der Waals surface area contributed by atoms with E-state index in [4.69, 9.17) is 0 Å². The van der Waals surface area contributed by atoms with Crippen LogP contribution >= 0.6 is 11.8 Å². The summed E-state index contributed by atoms with van der Waals surface area (Å²) < 4.78 is 0. The predicted octanol–water partition coefficient (Wildman–Crippen LogP) is 6.04. The Kier molecular flexibility index (Phi) is 9.23. The van der Waals surface area contributed by atoms with Crippen molar-refractivity contribution in [2.75, 3.05) is 0 Å². The third-order valence-electron chi connectivity index (χ3n) is 4.17. The van der Waals surface area contributed by atoms with Gasteiger partial charge in [-0.05, 0) is 32.4 Å². The molecule has 0 fully saturated rings. The number of benzene rings is 1. The van der Waals surface area contributed by atoms with Gasteiger partial charge in [-0.15, -0.1) is 0 Å². The molecular formula is C20H30O2S. The first-order chi connectivity index (χ1) is 11.0. The molecule has 0 N–H and O–H groups in total. The SMILES string of the molecule is CCCCCCCCCC(=O)C(C)(C)C(=O)Sc1ccccc1. The highest BCUT2D eigenvalue weighted by Crippen LogP contribution is 2.31. The molecule has 0 aliphatic heterocycles. The van der Waals surface area contributed by atoms with E-state index in [0.717, 1.165) is 17.7 Å². The minimum atomic E-state index is -0.900. The van der Waals surface area contributed by atoms with Crippen LogP contribution < -0.4 is 0 Å². The molecule has 0 aliphatic rings. The summed E-state index contributed by atoms with van der Waals surface area (Å²) in [7, 11) is 0. The van der Waals surface area contributed by atoms with E-state index in [1.165, 1.54) is 43.9 Å². The number of hydrogen-bond donors (Lipinski definition) is 0. The first kappa shape index (κ1) is 20.0. The number of hydrogen-bond acceptors (Lipinski definition) is 3. The van der Waals surface area contributed by atoms with Crippen LogP contribution in [0.4, 0.5) is 0 Å². The Morgan fingerprint density at radius 2 is 1.48 bits per heavy atom.